The molecule has 5 nitrogen and oxygen atoms in total. The molecular weight excluding hydrogens is 310 g/mol. The number of nitrogens with zero attached hydrogens (tertiary/aromatic N) is 2. The number of hydrogen-bond donors (Lipinski definition) is 1. The van der Waals surface area contributed by atoms with Gasteiger partial charge in [-0.25, -0.2) is 13.8 Å². The number of aromatic nitrogens is 1. The molecule has 1 saturated heterocycles. The fraction of sp³-hybridized carbons (Fsp3) is 0.357. The van der Waals surface area contributed by atoms with Gasteiger partial charge in [-0.15, -0.1) is 16.8 Å². The van der Waals surface area contributed by atoms with Crippen molar-refractivity contribution in [1.82, 2.24) is 14.8 Å². The average Bonchev–Trinajstić information content (AvgIpc) is 2.76. The van der Waals surface area contributed by atoms with Gasteiger partial charge in [-0.3, -0.25) is 4.98 Å². The van der Waals surface area contributed by atoms with Crippen LogP contribution in [0.2, 0.25) is 0 Å². The van der Waals surface area contributed by atoms with E-state index in [0.29, 0.717) is 18.5 Å². The minimum absolute atomic E-state index is 0. The van der Waals surface area contributed by atoms with E-state index in [-0.39, 0.29) is 17.3 Å². The third kappa shape index (κ3) is 3.18. The third-order valence-electron chi connectivity index (χ3n) is 3.53. The molecule has 21 heavy (non-hydrogen) atoms. The molecule has 0 unspecified atom stereocenters. The zero-order valence-corrected chi connectivity index (χ0v) is 13.2. The zero-order chi connectivity index (χ0) is 14.0. The standard InChI is InChI=1S/C14H17N3O2S.ClH/c18-20(19,17-9-5-1-4-8-16-17)14-11-15-10-12-6-2-3-7-13(12)14;/h2-3,6-7,10-11,16H,1,4-5,8-9H2;1H. The summed E-state index contributed by atoms with van der Waals surface area (Å²) in [5.74, 6) is 0. The van der Waals surface area contributed by atoms with Crippen molar-refractivity contribution in [1.29, 1.82) is 0 Å². The predicted octanol–water partition coefficient (Wildman–Crippen LogP) is 2.34. The Morgan fingerprint density at radius 1 is 1.10 bits per heavy atom. The summed E-state index contributed by atoms with van der Waals surface area (Å²) in [6.45, 7) is 1.20. The minimum atomic E-state index is -3.55. The lowest BCUT2D eigenvalue weighted by atomic mass is 10.2. The van der Waals surface area contributed by atoms with Crippen molar-refractivity contribution in [2.24, 2.45) is 0 Å². The molecular formula is C14H18ClN3O2S. The molecule has 3 rings (SSSR count). The van der Waals surface area contributed by atoms with Gasteiger partial charge in [0.2, 0.25) is 0 Å². The first kappa shape index (κ1) is 16.2. The van der Waals surface area contributed by atoms with Crippen LogP contribution in [-0.4, -0.2) is 30.9 Å². The van der Waals surface area contributed by atoms with Crippen LogP contribution in [0.5, 0.6) is 0 Å². The van der Waals surface area contributed by atoms with E-state index >= 15 is 0 Å². The smallest absolute Gasteiger partial charge is 0.257 e. The highest BCUT2D eigenvalue weighted by atomic mass is 35.5. The van der Waals surface area contributed by atoms with Gasteiger partial charge < -0.3 is 0 Å². The number of benzene rings is 1. The SMILES string of the molecule is Cl.O=S(=O)(c1cncc2ccccc12)N1CCCCCN1. The van der Waals surface area contributed by atoms with E-state index in [1.54, 1.807) is 6.20 Å². The van der Waals surface area contributed by atoms with Crippen LogP contribution in [0, 0.1) is 0 Å². The Morgan fingerprint density at radius 2 is 1.90 bits per heavy atom. The Labute approximate surface area is 130 Å². The van der Waals surface area contributed by atoms with E-state index < -0.39 is 10.0 Å². The lowest BCUT2D eigenvalue weighted by molar-refractivity contribution is 0.336. The summed E-state index contributed by atoms with van der Waals surface area (Å²) >= 11 is 0. The number of rotatable bonds is 2. The molecule has 0 saturated carbocycles. The molecule has 2 aromatic rings. The summed E-state index contributed by atoms with van der Waals surface area (Å²) in [6.07, 6.45) is 6.05. The number of hydrazine groups is 1. The maximum atomic E-state index is 12.8. The maximum absolute atomic E-state index is 12.8. The monoisotopic (exact) mass is 327 g/mol. The summed E-state index contributed by atoms with van der Waals surface area (Å²) in [4.78, 5) is 4.33. The van der Waals surface area contributed by atoms with Crippen molar-refractivity contribution in [3.05, 3.63) is 36.7 Å². The van der Waals surface area contributed by atoms with Gasteiger partial charge >= 0.3 is 0 Å². The quantitative estimate of drug-likeness (QED) is 0.919. The van der Waals surface area contributed by atoms with Crippen LogP contribution >= 0.6 is 12.4 Å². The fourth-order valence-corrected chi connectivity index (χ4v) is 3.98. The van der Waals surface area contributed by atoms with Crippen molar-refractivity contribution in [3.63, 3.8) is 0 Å². The molecule has 0 amide bonds. The molecule has 0 aliphatic carbocycles. The Morgan fingerprint density at radius 3 is 2.76 bits per heavy atom. The second-order valence-electron chi connectivity index (χ2n) is 4.90. The Balaban J connectivity index is 0.00000161. The number of halogens is 1. The number of pyridine rings is 1. The summed E-state index contributed by atoms with van der Waals surface area (Å²) < 4.78 is 26.9. The van der Waals surface area contributed by atoms with Gasteiger partial charge in [0, 0.05) is 36.3 Å². The van der Waals surface area contributed by atoms with E-state index in [1.807, 2.05) is 24.3 Å². The van der Waals surface area contributed by atoms with Crippen molar-refractivity contribution >= 4 is 33.2 Å². The van der Waals surface area contributed by atoms with Gasteiger partial charge in [0.1, 0.15) is 4.90 Å². The first-order chi connectivity index (χ1) is 9.69. The Kier molecular flexibility index (Phi) is 5.16. The second kappa shape index (κ2) is 6.70. The van der Waals surface area contributed by atoms with E-state index in [9.17, 15) is 8.42 Å². The van der Waals surface area contributed by atoms with E-state index in [1.165, 1.54) is 10.6 Å². The van der Waals surface area contributed by atoms with Gasteiger partial charge in [-0.1, -0.05) is 30.7 Å². The minimum Gasteiger partial charge on any atom is -0.263 e. The van der Waals surface area contributed by atoms with Crippen LogP contribution in [0.1, 0.15) is 19.3 Å². The maximum Gasteiger partial charge on any atom is 0.257 e. The average molecular weight is 328 g/mol. The van der Waals surface area contributed by atoms with Crippen molar-refractivity contribution < 1.29 is 8.42 Å². The topological polar surface area (TPSA) is 62.3 Å². The molecule has 1 aliphatic rings. The largest absolute Gasteiger partial charge is 0.263 e. The first-order valence-electron chi connectivity index (χ1n) is 6.78. The number of hydrogen-bond acceptors (Lipinski definition) is 4. The van der Waals surface area contributed by atoms with Crippen LogP contribution in [0.15, 0.2) is 41.6 Å². The molecule has 2 heterocycles. The first-order valence-corrected chi connectivity index (χ1v) is 8.22. The Hall–Kier alpha value is -1.21. The van der Waals surface area contributed by atoms with Crippen LogP contribution in [0.25, 0.3) is 10.8 Å². The molecule has 0 radical (unpaired) electrons. The van der Waals surface area contributed by atoms with Gasteiger partial charge in [-0.2, -0.15) is 0 Å². The molecule has 1 fully saturated rings. The van der Waals surface area contributed by atoms with Gasteiger partial charge in [0.05, 0.1) is 0 Å². The number of fused-ring (bicyclic) bond motifs is 1. The lowest BCUT2D eigenvalue weighted by Gasteiger charge is -2.21. The number of sulfonamides is 1. The van der Waals surface area contributed by atoms with E-state index in [2.05, 4.69) is 10.4 Å². The highest BCUT2D eigenvalue weighted by molar-refractivity contribution is 7.89. The third-order valence-corrected chi connectivity index (χ3v) is 5.30. The summed E-state index contributed by atoms with van der Waals surface area (Å²) in [5.41, 5.74) is 3.00. The zero-order valence-electron chi connectivity index (χ0n) is 11.5. The van der Waals surface area contributed by atoms with Crippen LogP contribution in [0.3, 0.4) is 0 Å². The number of nitrogens with one attached hydrogen (secondary N) is 1. The van der Waals surface area contributed by atoms with Crippen molar-refractivity contribution in [3.8, 4) is 0 Å². The molecule has 114 valence electrons. The normalized spacial score (nSPS) is 17.1. The molecule has 0 bridgehead atoms. The summed E-state index contributed by atoms with van der Waals surface area (Å²) in [6, 6.07) is 7.42. The predicted molar refractivity (Wildman–Crippen MR) is 84.7 cm³/mol. The van der Waals surface area contributed by atoms with Gasteiger partial charge in [0.25, 0.3) is 10.0 Å². The van der Waals surface area contributed by atoms with Crippen LogP contribution < -0.4 is 5.43 Å². The highest BCUT2D eigenvalue weighted by Gasteiger charge is 2.27. The molecule has 7 heteroatoms. The van der Waals surface area contributed by atoms with Crippen molar-refractivity contribution in [2.45, 2.75) is 24.2 Å². The van der Waals surface area contributed by atoms with E-state index in [4.69, 9.17) is 0 Å². The van der Waals surface area contributed by atoms with Crippen LogP contribution in [-0.2, 0) is 10.0 Å². The molecule has 0 spiro atoms. The second-order valence-corrected chi connectivity index (χ2v) is 6.74. The molecule has 1 aliphatic heterocycles. The van der Waals surface area contributed by atoms with Gasteiger partial charge in [-0.05, 0) is 12.8 Å². The molecule has 1 N–H and O–H groups in total. The highest BCUT2D eigenvalue weighted by Crippen LogP contribution is 2.24. The lowest BCUT2D eigenvalue weighted by Crippen LogP contribution is -2.42. The Bertz CT molecular complexity index is 708. The van der Waals surface area contributed by atoms with Crippen molar-refractivity contribution in [2.75, 3.05) is 13.1 Å². The van der Waals surface area contributed by atoms with Gasteiger partial charge in [0.15, 0.2) is 0 Å². The molecule has 1 aromatic carbocycles. The molecule has 1 aromatic heterocycles. The molecule has 0 atom stereocenters. The van der Waals surface area contributed by atoms with Crippen LogP contribution in [0.4, 0.5) is 0 Å². The summed E-state index contributed by atoms with van der Waals surface area (Å²) in [5, 5.41) is 1.55. The fourth-order valence-electron chi connectivity index (χ4n) is 2.46. The summed E-state index contributed by atoms with van der Waals surface area (Å²) in [7, 11) is -3.55. The van der Waals surface area contributed by atoms with E-state index in [0.717, 1.165) is 24.6 Å².